The maximum absolute atomic E-state index is 12.3. The summed E-state index contributed by atoms with van der Waals surface area (Å²) in [6.07, 6.45) is 4.69. The molecular weight excluding hydrogens is 250 g/mol. The van der Waals surface area contributed by atoms with Crippen LogP contribution in [0.1, 0.15) is 35.0 Å². The Hall–Kier alpha value is -1.62. The van der Waals surface area contributed by atoms with Crippen molar-refractivity contribution in [3.8, 4) is 0 Å². The Morgan fingerprint density at radius 3 is 2.83 bits per heavy atom. The molecule has 1 amide bonds. The monoisotopic (exact) mass is 265 g/mol. The van der Waals surface area contributed by atoms with E-state index in [4.69, 9.17) is 5.11 Å². The Labute approximate surface area is 110 Å². The van der Waals surface area contributed by atoms with Crippen LogP contribution in [0.25, 0.3) is 6.08 Å². The first kappa shape index (κ1) is 12.8. The van der Waals surface area contributed by atoms with Gasteiger partial charge in [0.25, 0.3) is 5.91 Å². The first-order valence-electron chi connectivity index (χ1n) is 5.93. The number of rotatable bonds is 5. The molecule has 0 spiro atoms. The van der Waals surface area contributed by atoms with E-state index >= 15 is 0 Å². The molecule has 1 aromatic heterocycles. The van der Waals surface area contributed by atoms with Crippen molar-refractivity contribution in [2.75, 3.05) is 6.54 Å². The Morgan fingerprint density at radius 1 is 1.56 bits per heavy atom. The molecular formula is C13H15NO3S. The first-order valence-corrected chi connectivity index (χ1v) is 6.81. The van der Waals surface area contributed by atoms with E-state index in [0.717, 1.165) is 18.9 Å². The standard InChI is InChI=1S/C13H15NO3S/c1-2-14(10-4-5-10)13(17)12-9(7-8-18-12)3-6-11(15)16/h3,6-8,10H,2,4-5H2,1H3,(H,15,16). The molecule has 96 valence electrons. The van der Waals surface area contributed by atoms with Crippen LogP contribution in [0, 0.1) is 0 Å². The second kappa shape index (κ2) is 5.35. The zero-order valence-corrected chi connectivity index (χ0v) is 10.9. The number of hydrogen-bond donors (Lipinski definition) is 1. The molecule has 2 rings (SSSR count). The summed E-state index contributed by atoms with van der Waals surface area (Å²) in [4.78, 5) is 25.3. The predicted octanol–water partition coefficient (Wildman–Crippen LogP) is 2.47. The highest BCUT2D eigenvalue weighted by Crippen LogP contribution is 2.30. The van der Waals surface area contributed by atoms with Gasteiger partial charge in [0.05, 0.1) is 4.88 Å². The SMILES string of the molecule is CCN(C(=O)c1sccc1C=CC(=O)O)C1CC1. The maximum atomic E-state index is 12.3. The van der Waals surface area contributed by atoms with E-state index in [-0.39, 0.29) is 5.91 Å². The van der Waals surface area contributed by atoms with Gasteiger partial charge in [-0.2, -0.15) is 0 Å². The Bertz CT molecular complexity index is 488. The molecule has 1 saturated carbocycles. The number of carboxylic acid groups (broad SMARTS) is 1. The lowest BCUT2D eigenvalue weighted by Crippen LogP contribution is -2.32. The van der Waals surface area contributed by atoms with Crippen molar-refractivity contribution in [2.45, 2.75) is 25.8 Å². The number of carboxylic acids is 1. The second-order valence-corrected chi connectivity index (χ2v) is 5.12. The topological polar surface area (TPSA) is 57.6 Å². The molecule has 0 aliphatic heterocycles. The van der Waals surface area contributed by atoms with Gasteiger partial charge < -0.3 is 10.0 Å². The van der Waals surface area contributed by atoms with Gasteiger partial charge in [0, 0.05) is 18.7 Å². The van der Waals surface area contributed by atoms with Crippen LogP contribution < -0.4 is 0 Å². The fourth-order valence-corrected chi connectivity index (χ4v) is 2.71. The average molecular weight is 265 g/mol. The van der Waals surface area contributed by atoms with Crippen LogP contribution in [0.3, 0.4) is 0 Å². The third-order valence-electron chi connectivity index (χ3n) is 2.88. The normalized spacial score (nSPS) is 14.9. The van der Waals surface area contributed by atoms with E-state index in [1.807, 2.05) is 17.2 Å². The summed E-state index contributed by atoms with van der Waals surface area (Å²) in [5.41, 5.74) is 0.687. The van der Waals surface area contributed by atoms with Gasteiger partial charge in [-0.1, -0.05) is 0 Å². The minimum absolute atomic E-state index is 0.0139. The largest absolute Gasteiger partial charge is 0.478 e. The summed E-state index contributed by atoms with van der Waals surface area (Å²) in [6, 6.07) is 2.15. The molecule has 1 aliphatic carbocycles. The zero-order valence-electron chi connectivity index (χ0n) is 10.1. The Kier molecular flexibility index (Phi) is 3.81. The molecule has 0 saturated heterocycles. The van der Waals surface area contributed by atoms with Crippen molar-refractivity contribution in [1.82, 2.24) is 4.90 Å². The van der Waals surface area contributed by atoms with E-state index in [1.54, 1.807) is 6.07 Å². The first-order chi connectivity index (χ1) is 8.63. The number of hydrogen-bond acceptors (Lipinski definition) is 3. The van der Waals surface area contributed by atoms with E-state index in [0.29, 0.717) is 23.0 Å². The molecule has 0 unspecified atom stereocenters. The van der Waals surface area contributed by atoms with Gasteiger partial charge in [0.15, 0.2) is 0 Å². The number of carbonyl (C=O) groups is 2. The molecule has 0 radical (unpaired) electrons. The Morgan fingerprint density at radius 2 is 2.28 bits per heavy atom. The Balaban J connectivity index is 2.19. The van der Waals surface area contributed by atoms with Crippen LogP contribution in [0.2, 0.25) is 0 Å². The van der Waals surface area contributed by atoms with Crippen molar-refractivity contribution in [3.05, 3.63) is 28.0 Å². The molecule has 1 N–H and O–H groups in total. The van der Waals surface area contributed by atoms with Crippen molar-refractivity contribution >= 4 is 29.3 Å². The smallest absolute Gasteiger partial charge is 0.328 e. The molecule has 18 heavy (non-hydrogen) atoms. The molecule has 1 aromatic rings. The fourth-order valence-electron chi connectivity index (χ4n) is 1.87. The minimum Gasteiger partial charge on any atom is -0.478 e. The van der Waals surface area contributed by atoms with Crippen LogP contribution in [0.4, 0.5) is 0 Å². The van der Waals surface area contributed by atoms with Gasteiger partial charge in [0.1, 0.15) is 0 Å². The summed E-state index contributed by atoms with van der Waals surface area (Å²) in [5, 5.41) is 10.4. The third kappa shape index (κ3) is 2.79. The van der Waals surface area contributed by atoms with Crippen LogP contribution in [0.15, 0.2) is 17.5 Å². The zero-order chi connectivity index (χ0) is 13.1. The summed E-state index contributed by atoms with van der Waals surface area (Å²) in [7, 11) is 0. The van der Waals surface area contributed by atoms with Gasteiger partial charge in [-0.05, 0) is 42.9 Å². The molecule has 1 aliphatic rings. The highest BCUT2D eigenvalue weighted by atomic mass is 32.1. The molecule has 1 fully saturated rings. The molecule has 5 heteroatoms. The van der Waals surface area contributed by atoms with Crippen molar-refractivity contribution in [1.29, 1.82) is 0 Å². The number of aliphatic carboxylic acids is 1. The minimum atomic E-state index is -1.01. The van der Waals surface area contributed by atoms with Crippen LogP contribution in [-0.2, 0) is 4.79 Å². The number of thiophene rings is 1. The second-order valence-electron chi connectivity index (χ2n) is 4.20. The van der Waals surface area contributed by atoms with Crippen LogP contribution in [-0.4, -0.2) is 34.5 Å². The summed E-state index contributed by atoms with van der Waals surface area (Å²) in [6.45, 7) is 2.67. The lowest BCUT2D eigenvalue weighted by Gasteiger charge is -2.19. The van der Waals surface area contributed by atoms with Crippen molar-refractivity contribution in [3.63, 3.8) is 0 Å². The molecule has 0 atom stereocenters. The average Bonchev–Trinajstić information content (AvgIpc) is 3.05. The van der Waals surface area contributed by atoms with Gasteiger partial charge in [-0.15, -0.1) is 11.3 Å². The van der Waals surface area contributed by atoms with Gasteiger partial charge in [-0.3, -0.25) is 4.79 Å². The fraction of sp³-hybridized carbons (Fsp3) is 0.385. The molecule has 0 aromatic carbocycles. The van der Waals surface area contributed by atoms with E-state index < -0.39 is 5.97 Å². The third-order valence-corrected chi connectivity index (χ3v) is 3.80. The van der Waals surface area contributed by atoms with Crippen molar-refractivity contribution in [2.24, 2.45) is 0 Å². The predicted molar refractivity (Wildman–Crippen MR) is 70.7 cm³/mol. The summed E-state index contributed by atoms with van der Waals surface area (Å²) < 4.78 is 0. The van der Waals surface area contributed by atoms with Crippen LogP contribution in [0.5, 0.6) is 0 Å². The number of amides is 1. The van der Waals surface area contributed by atoms with Gasteiger partial charge >= 0.3 is 5.97 Å². The molecule has 0 bridgehead atoms. The van der Waals surface area contributed by atoms with E-state index in [9.17, 15) is 9.59 Å². The highest BCUT2D eigenvalue weighted by Gasteiger charge is 2.32. The molecule has 4 nitrogen and oxygen atoms in total. The number of carbonyl (C=O) groups excluding carboxylic acids is 1. The molecule has 1 heterocycles. The highest BCUT2D eigenvalue weighted by molar-refractivity contribution is 7.12. The summed E-state index contributed by atoms with van der Waals surface area (Å²) >= 11 is 1.36. The van der Waals surface area contributed by atoms with Gasteiger partial charge in [0.2, 0.25) is 0 Å². The number of nitrogens with zero attached hydrogens (tertiary/aromatic N) is 1. The maximum Gasteiger partial charge on any atom is 0.328 e. The lowest BCUT2D eigenvalue weighted by molar-refractivity contribution is -0.131. The van der Waals surface area contributed by atoms with Crippen LogP contribution >= 0.6 is 11.3 Å². The summed E-state index contributed by atoms with van der Waals surface area (Å²) in [5.74, 6) is -0.992. The lowest BCUT2D eigenvalue weighted by atomic mass is 10.2. The van der Waals surface area contributed by atoms with Gasteiger partial charge in [-0.25, -0.2) is 4.79 Å². The quantitative estimate of drug-likeness (QED) is 0.832. The van der Waals surface area contributed by atoms with E-state index in [1.165, 1.54) is 17.4 Å². The van der Waals surface area contributed by atoms with E-state index in [2.05, 4.69) is 0 Å². The van der Waals surface area contributed by atoms with Crippen molar-refractivity contribution < 1.29 is 14.7 Å².